The third kappa shape index (κ3) is 3.20. The summed E-state index contributed by atoms with van der Waals surface area (Å²) in [7, 11) is 0. The highest BCUT2D eigenvalue weighted by Gasteiger charge is 2.04. The molecule has 0 radical (unpaired) electrons. The highest BCUT2D eigenvalue weighted by atomic mass is 15.0. The summed E-state index contributed by atoms with van der Waals surface area (Å²) < 4.78 is 2.08. The first-order valence-electron chi connectivity index (χ1n) is 5.63. The highest BCUT2D eigenvalue weighted by molar-refractivity contribution is 5.31. The molecule has 0 saturated heterocycles. The van der Waals surface area contributed by atoms with E-state index in [0.29, 0.717) is 5.56 Å². The van der Waals surface area contributed by atoms with Crippen molar-refractivity contribution in [3.63, 3.8) is 0 Å². The lowest BCUT2D eigenvalue weighted by Gasteiger charge is -2.12. The fourth-order valence-corrected chi connectivity index (χ4v) is 1.85. The van der Waals surface area contributed by atoms with Gasteiger partial charge in [-0.2, -0.15) is 5.26 Å². The normalized spacial score (nSPS) is 12.0. The lowest BCUT2D eigenvalue weighted by molar-refractivity contribution is 0.551. The van der Waals surface area contributed by atoms with Crippen molar-refractivity contribution in [2.45, 2.75) is 19.0 Å². The summed E-state index contributed by atoms with van der Waals surface area (Å²) in [6, 6.07) is 13.8. The maximum atomic E-state index is 8.70. The second-order valence-electron chi connectivity index (χ2n) is 4.15. The number of hydrogen-bond acceptors (Lipinski definition) is 2. The Morgan fingerprint density at radius 2 is 1.82 bits per heavy atom. The standard InChI is InChI=1S/C14H15N3/c15-10-13-5-3-12(4-6-13)9-14(16)11-17-7-1-2-8-17/h1-8,14H,9,11,16H2/t14-/m1/s1. The Labute approximate surface area is 101 Å². The van der Waals surface area contributed by atoms with Gasteiger partial charge in [0.2, 0.25) is 0 Å². The molecular weight excluding hydrogens is 210 g/mol. The fraction of sp³-hybridized carbons (Fsp3) is 0.214. The van der Waals surface area contributed by atoms with Crippen molar-refractivity contribution in [1.82, 2.24) is 4.57 Å². The van der Waals surface area contributed by atoms with Crippen LogP contribution in [0.3, 0.4) is 0 Å². The summed E-state index contributed by atoms with van der Waals surface area (Å²) in [6.45, 7) is 0.813. The Morgan fingerprint density at radius 1 is 1.18 bits per heavy atom. The molecule has 0 bridgehead atoms. The van der Waals surface area contributed by atoms with Gasteiger partial charge < -0.3 is 10.3 Å². The quantitative estimate of drug-likeness (QED) is 0.864. The SMILES string of the molecule is N#Cc1ccc(C[C@@H](N)Cn2cccc2)cc1. The van der Waals surface area contributed by atoms with Crippen molar-refractivity contribution in [1.29, 1.82) is 5.26 Å². The number of aromatic nitrogens is 1. The summed E-state index contributed by atoms with van der Waals surface area (Å²) >= 11 is 0. The Bertz CT molecular complexity index is 491. The predicted molar refractivity (Wildman–Crippen MR) is 67.3 cm³/mol. The third-order valence-electron chi connectivity index (χ3n) is 2.69. The highest BCUT2D eigenvalue weighted by Crippen LogP contribution is 2.06. The molecule has 0 spiro atoms. The Kier molecular flexibility index (Phi) is 3.59. The van der Waals surface area contributed by atoms with Crippen LogP contribution in [0, 0.1) is 11.3 Å². The number of hydrogen-bond donors (Lipinski definition) is 1. The first-order valence-corrected chi connectivity index (χ1v) is 5.63. The minimum absolute atomic E-state index is 0.0929. The lowest BCUT2D eigenvalue weighted by atomic mass is 10.1. The zero-order chi connectivity index (χ0) is 12.1. The maximum Gasteiger partial charge on any atom is 0.0991 e. The van der Waals surface area contributed by atoms with E-state index in [4.69, 9.17) is 11.0 Å². The van der Waals surface area contributed by atoms with Gasteiger partial charge in [0.25, 0.3) is 0 Å². The van der Waals surface area contributed by atoms with Gasteiger partial charge in [-0.3, -0.25) is 0 Å². The van der Waals surface area contributed by atoms with Crippen LogP contribution >= 0.6 is 0 Å². The van der Waals surface area contributed by atoms with E-state index in [1.165, 1.54) is 5.56 Å². The van der Waals surface area contributed by atoms with E-state index in [1.807, 2.05) is 48.8 Å². The molecule has 0 unspecified atom stereocenters. The van der Waals surface area contributed by atoms with E-state index in [0.717, 1.165) is 13.0 Å². The van der Waals surface area contributed by atoms with Crippen LogP contribution in [-0.2, 0) is 13.0 Å². The van der Waals surface area contributed by atoms with E-state index < -0.39 is 0 Å². The van der Waals surface area contributed by atoms with Crippen molar-refractivity contribution in [2.75, 3.05) is 0 Å². The van der Waals surface area contributed by atoms with Gasteiger partial charge in [0.1, 0.15) is 0 Å². The zero-order valence-electron chi connectivity index (χ0n) is 9.58. The molecule has 2 rings (SSSR count). The molecule has 1 aromatic heterocycles. The van der Waals surface area contributed by atoms with Crippen LogP contribution in [0.15, 0.2) is 48.8 Å². The van der Waals surface area contributed by atoms with Crippen molar-refractivity contribution < 1.29 is 0 Å². The number of nitrogens with two attached hydrogens (primary N) is 1. The van der Waals surface area contributed by atoms with Gasteiger partial charge in [0.15, 0.2) is 0 Å². The zero-order valence-corrected chi connectivity index (χ0v) is 9.58. The van der Waals surface area contributed by atoms with Crippen molar-refractivity contribution in [3.05, 3.63) is 59.9 Å². The summed E-state index contributed by atoms with van der Waals surface area (Å²) in [5.74, 6) is 0. The molecule has 1 heterocycles. The topological polar surface area (TPSA) is 54.7 Å². The van der Waals surface area contributed by atoms with Crippen LogP contribution < -0.4 is 5.73 Å². The van der Waals surface area contributed by atoms with Crippen molar-refractivity contribution in [3.8, 4) is 6.07 Å². The second kappa shape index (κ2) is 5.33. The molecular formula is C14H15N3. The Hall–Kier alpha value is -2.05. The minimum atomic E-state index is 0.0929. The Balaban J connectivity index is 1.94. The van der Waals surface area contributed by atoms with Crippen molar-refractivity contribution in [2.24, 2.45) is 5.73 Å². The van der Waals surface area contributed by atoms with E-state index in [9.17, 15) is 0 Å². The summed E-state index contributed by atoms with van der Waals surface area (Å²) in [5, 5.41) is 8.70. The molecule has 17 heavy (non-hydrogen) atoms. The molecule has 3 heteroatoms. The molecule has 3 nitrogen and oxygen atoms in total. The average Bonchev–Trinajstić information content (AvgIpc) is 2.82. The monoisotopic (exact) mass is 225 g/mol. The van der Waals surface area contributed by atoms with Gasteiger partial charge in [-0.1, -0.05) is 12.1 Å². The van der Waals surface area contributed by atoms with Crippen LogP contribution in [-0.4, -0.2) is 10.6 Å². The average molecular weight is 225 g/mol. The third-order valence-corrected chi connectivity index (χ3v) is 2.69. The van der Waals surface area contributed by atoms with E-state index in [-0.39, 0.29) is 6.04 Å². The van der Waals surface area contributed by atoms with Gasteiger partial charge in [-0.25, -0.2) is 0 Å². The lowest BCUT2D eigenvalue weighted by Crippen LogP contribution is -2.28. The molecule has 1 atom stereocenters. The first kappa shape index (κ1) is 11.4. The van der Waals surface area contributed by atoms with Crippen LogP contribution in [0.5, 0.6) is 0 Å². The predicted octanol–water partition coefficient (Wildman–Crippen LogP) is 1.93. The summed E-state index contributed by atoms with van der Waals surface area (Å²) in [5.41, 5.74) is 7.94. The van der Waals surface area contributed by atoms with Crippen LogP contribution in [0.1, 0.15) is 11.1 Å². The molecule has 86 valence electrons. The molecule has 0 amide bonds. The largest absolute Gasteiger partial charge is 0.353 e. The van der Waals surface area contributed by atoms with E-state index >= 15 is 0 Å². The number of benzene rings is 1. The van der Waals surface area contributed by atoms with Crippen molar-refractivity contribution >= 4 is 0 Å². The first-order chi connectivity index (χ1) is 8.28. The number of nitriles is 1. The summed E-state index contributed by atoms with van der Waals surface area (Å²) in [6.07, 6.45) is 4.85. The molecule has 2 aromatic rings. The molecule has 0 aliphatic carbocycles. The smallest absolute Gasteiger partial charge is 0.0991 e. The van der Waals surface area contributed by atoms with Crippen LogP contribution in [0.25, 0.3) is 0 Å². The van der Waals surface area contributed by atoms with Gasteiger partial charge in [0, 0.05) is 25.0 Å². The van der Waals surface area contributed by atoms with Gasteiger partial charge in [0.05, 0.1) is 11.6 Å². The van der Waals surface area contributed by atoms with Gasteiger partial charge >= 0.3 is 0 Å². The number of nitrogens with zero attached hydrogens (tertiary/aromatic N) is 2. The molecule has 0 saturated carbocycles. The fourth-order valence-electron chi connectivity index (χ4n) is 1.85. The van der Waals surface area contributed by atoms with E-state index in [2.05, 4.69) is 10.6 Å². The molecule has 0 aliphatic heterocycles. The minimum Gasteiger partial charge on any atom is -0.353 e. The van der Waals surface area contributed by atoms with E-state index in [1.54, 1.807) is 0 Å². The molecule has 0 fully saturated rings. The van der Waals surface area contributed by atoms with Crippen LogP contribution in [0.4, 0.5) is 0 Å². The molecule has 1 aromatic carbocycles. The molecule has 0 aliphatic rings. The molecule has 2 N–H and O–H groups in total. The van der Waals surface area contributed by atoms with Gasteiger partial charge in [-0.15, -0.1) is 0 Å². The maximum absolute atomic E-state index is 8.70. The van der Waals surface area contributed by atoms with Gasteiger partial charge in [-0.05, 0) is 36.2 Å². The second-order valence-corrected chi connectivity index (χ2v) is 4.15. The number of rotatable bonds is 4. The Morgan fingerprint density at radius 3 is 2.41 bits per heavy atom. The summed E-state index contributed by atoms with van der Waals surface area (Å²) in [4.78, 5) is 0. The van der Waals surface area contributed by atoms with Crippen LogP contribution in [0.2, 0.25) is 0 Å².